The van der Waals surface area contributed by atoms with E-state index in [4.69, 9.17) is 15.2 Å². The first kappa shape index (κ1) is 23.0. The van der Waals surface area contributed by atoms with Crippen LogP contribution in [-0.4, -0.2) is 31.1 Å². The zero-order valence-corrected chi connectivity index (χ0v) is 17.4. The summed E-state index contributed by atoms with van der Waals surface area (Å²) in [4.78, 5) is 37.1. The maximum atomic E-state index is 14.2. The van der Waals surface area contributed by atoms with Crippen molar-refractivity contribution in [3.05, 3.63) is 92.7 Å². The summed E-state index contributed by atoms with van der Waals surface area (Å²) in [5.74, 6) is -4.47. The van der Waals surface area contributed by atoms with E-state index in [2.05, 4.69) is 0 Å². The fourth-order valence-electron chi connectivity index (χ4n) is 3.58. The van der Waals surface area contributed by atoms with E-state index in [1.807, 2.05) is 6.07 Å². The van der Waals surface area contributed by atoms with Gasteiger partial charge in [0.1, 0.15) is 17.3 Å². The lowest BCUT2D eigenvalue weighted by molar-refractivity contribution is -0.385. The molecule has 3 rings (SSSR count). The molecule has 0 fully saturated rings. The number of hydrogen-bond donors (Lipinski definition) is 1. The summed E-state index contributed by atoms with van der Waals surface area (Å²) in [7, 11) is 2.13. The van der Waals surface area contributed by atoms with Crippen molar-refractivity contribution < 1.29 is 28.4 Å². The van der Waals surface area contributed by atoms with E-state index in [-0.39, 0.29) is 22.7 Å². The molecule has 0 aliphatic carbocycles. The average molecular weight is 452 g/mol. The molecule has 0 spiro atoms. The molecule has 0 bridgehead atoms. The van der Waals surface area contributed by atoms with Crippen LogP contribution in [0.15, 0.2) is 71.2 Å². The maximum Gasteiger partial charge on any atom is 0.355 e. The number of halogens is 1. The number of rotatable bonds is 5. The van der Waals surface area contributed by atoms with E-state index in [0.29, 0.717) is 11.6 Å². The van der Waals surface area contributed by atoms with E-state index in [9.17, 15) is 29.4 Å². The van der Waals surface area contributed by atoms with Crippen LogP contribution in [-0.2, 0) is 19.1 Å². The number of allylic oxidation sites excluding steroid dienone is 1. The average Bonchev–Trinajstić information content (AvgIpc) is 2.82. The third-order valence-corrected chi connectivity index (χ3v) is 4.95. The van der Waals surface area contributed by atoms with Crippen LogP contribution in [0.2, 0.25) is 0 Å². The first-order valence-corrected chi connectivity index (χ1v) is 9.35. The molecule has 2 N–H and O–H groups in total. The van der Waals surface area contributed by atoms with Crippen molar-refractivity contribution in [2.45, 2.75) is 5.92 Å². The molecular formula is C22H17FN4O6. The molecule has 1 unspecified atom stereocenters. The molecule has 1 aliphatic heterocycles. The van der Waals surface area contributed by atoms with Crippen LogP contribution in [0.5, 0.6) is 0 Å². The van der Waals surface area contributed by atoms with Gasteiger partial charge in [-0.15, -0.1) is 0 Å². The van der Waals surface area contributed by atoms with Gasteiger partial charge in [0.25, 0.3) is 5.69 Å². The number of nitrogens with zero attached hydrogens (tertiary/aromatic N) is 3. The van der Waals surface area contributed by atoms with E-state index in [1.165, 1.54) is 0 Å². The zero-order chi connectivity index (χ0) is 24.3. The van der Waals surface area contributed by atoms with E-state index >= 15 is 0 Å². The third-order valence-electron chi connectivity index (χ3n) is 4.95. The van der Waals surface area contributed by atoms with Gasteiger partial charge in [-0.2, -0.15) is 5.26 Å². The number of carbonyl (C=O) groups is 2. The number of nitrogens with two attached hydrogens (primary N) is 1. The second-order valence-electron chi connectivity index (χ2n) is 6.76. The molecule has 0 saturated carbocycles. The van der Waals surface area contributed by atoms with Crippen LogP contribution >= 0.6 is 0 Å². The summed E-state index contributed by atoms with van der Waals surface area (Å²) in [6.07, 6.45) is 0. The molecule has 0 aromatic heterocycles. The van der Waals surface area contributed by atoms with Crippen molar-refractivity contribution in [3.8, 4) is 6.07 Å². The normalized spacial score (nSPS) is 15.7. The van der Waals surface area contributed by atoms with Crippen molar-refractivity contribution in [2.24, 2.45) is 5.73 Å². The number of esters is 2. The van der Waals surface area contributed by atoms with Crippen molar-refractivity contribution >= 4 is 23.3 Å². The molecule has 10 nitrogen and oxygen atoms in total. The Morgan fingerprint density at radius 1 is 1.15 bits per heavy atom. The van der Waals surface area contributed by atoms with E-state index in [0.717, 1.165) is 31.3 Å². The van der Waals surface area contributed by atoms with Crippen LogP contribution in [0.4, 0.5) is 15.8 Å². The van der Waals surface area contributed by atoms with Gasteiger partial charge < -0.3 is 15.2 Å². The van der Waals surface area contributed by atoms with Gasteiger partial charge in [-0.3, -0.25) is 15.0 Å². The summed E-state index contributed by atoms with van der Waals surface area (Å²) in [6, 6.07) is 12.7. The molecule has 2 aromatic rings. The second-order valence-corrected chi connectivity index (χ2v) is 6.76. The maximum absolute atomic E-state index is 14.2. The Hall–Kier alpha value is -4.72. The van der Waals surface area contributed by atoms with Crippen molar-refractivity contribution in [1.82, 2.24) is 0 Å². The number of ether oxygens (including phenoxy) is 2. The highest BCUT2D eigenvalue weighted by atomic mass is 19.1. The summed E-state index contributed by atoms with van der Waals surface area (Å²) < 4.78 is 24.0. The molecule has 0 radical (unpaired) electrons. The van der Waals surface area contributed by atoms with Gasteiger partial charge in [0.2, 0.25) is 0 Å². The van der Waals surface area contributed by atoms with Crippen LogP contribution < -0.4 is 10.6 Å². The number of benzene rings is 2. The van der Waals surface area contributed by atoms with Gasteiger partial charge in [0, 0.05) is 6.07 Å². The minimum atomic E-state index is -1.11. The minimum Gasteiger partial charge on any atom is -0.466 e. The number of nitro groups is 1. The van der Waals surface area contributed by atoms with Gasteiger partial charge in [-0.05, 0) is 11.6 Å². The summed E-state index contributed by atoms with van der Waals surface area (Å²) in [5, 5.41) is 21.2. The standard InChI is InChI=1S/C22H17FN4O6/c1-32-21(28)18-17(12-6-4-3-5-7-12)16(11-24)20(25)26(19(18)22(29)33-2)14-8-13(23)9-15(10-14)27(30)31/h3-10,17H,25H2,1-2H3. The Bertz CT molecular complexity index is 1250. The van der Waals surface area contributed by atoms with Crippen LogP contribution in [0.3, 0.4) is 0 Å². The predicted molar refractivity (Wildman–Crippen MR) is 113 cm³/mol. The summed E-state index contributed by atoms with van der Waals surface area (Å²) >= 11 is 0. The van der Waals surface area contributed by atoms with Gasteiger partial charge in [-0.1, -0.05) is 30.3 Å². The first-order chi connectivity index (χ1) is 15.7. The number of nitriles is 1. The van der Waals surface area contributed by atoms with Gasteiger partial charge in [0.15, 0.2) is 0 Å². The van der Waals surface area contributed by atoms with Crippen LogP contribution in [0.1, 0.15) is 11.5 Å². The molecule has 1 aliphatic rings. The van der Waals surface area contributed by atoms with Crippen molar-refractivity contribution in [1.29, 1.82) is 5.26 Å². The van der Waals surface area contributed by atoms with Gasteiger partial charge in [-0.25, -0.2) is 14.0 Å². The van der Waals surface area contributed by atoms with E-state index < -0.39 is 40.0 Å². The Morgan fingerprint density at radius 2 is 1.79 bits per heavy atom. The number of anilines is 1. The molecule has 33 heavy (non-hydrogen) atoms. The Labute approximate surface area is 187 Å². The molecule has 168 valence electrons. The first-order valence-electron chi connectivity index (χ1n) is 9.35. The van der Waals surface area contributed by atoms with E-state index in [1.54, 1.807) is 30.3 Å². The largest absolute Gasteiger partial charge is 0.466 e. The van der Waals surface area contributed by atoms with Crippen molar-refractivity contribution in [2.75, 3.05) is 19.1 Å². The smallest absolute Gasteiger partial charge is 0.355 e. The molecular weight excluding hydrogens is 435 g/mol. The summed E-state index contributed by atoms with van der Waals surface area (Å²) in [6.45, 7) is 0. The highest BCUT2D eigenvalue weighted by Crippen LogP contribution is 2.43. The van der Waals surface area contributed by atoms with Gasteiger partial charge >= 0.3 is 11.9 Å². The predicted octanol–water partition coefficient (Wildman–Crippen LogP) is 2.63. The number of carbonyl (C=O) groups excluding carboxylic acids is 2. The SMILES string of the molecule is COC(=O)C1=C(C(=O)OC)N(c2cc(F)cc([N+](=O)[O-])c2)C(N)=C(C#N)C1c1ccccc1. The topological polar surface area (TPSA) is 149 Å². The van der Waals surface area contributed by atoms with Crippen molar-refractivity contribution in [3.63, 3.8) is 0 Å². The third kappa shape index (κ3) is 4.09. The monoisotopic (exact) mass is 452 g/mol. The second kappa shape index (κ2) is 9.19. The number of non-ortho nitro benzene ring substituents is 1. The molecule has 2 aromatic carbocycles. The number of nitro benzene ring substituents is 1. The number of hydrogen-bond acceptors (Lipinski definition) is 9. The molecule has 0 amide bonds. The lowest BCUT2D eigenvalue weighted by Gasteiger charge is -2.35. The fourth-order valence-corrected chi connectivity index (χ4v) is 3.58. The highest BCUT2D eigenvalue weighted by molar-refractivity contribution is 6.06. The Balaban J connectivity index is 2.44. The molecule has 11 heteroatoms. The zero-order valence-electron chi connectivity index (χ0n) is 17.4. The van der Waals surface area contributed by atoms with Crippen LogP contribution in [0, 0.1) is 27.3 Å². The van der Waals surface area contributed by atoms with Crippen LogP contribution in [0.25, 0.3) is 0 Å². The highest BCUT2D eigenvalue weighted by Gasteiger charge is 2.43. The fraction of sp³-hybridized carbons (Fsp3) is 0.136. The Kier molecular flexibility index (Phi) is 6.39. The molecule has 1 atom stereocenters. The minimum absolute atomic E-state index is 0.152. The lowest BCUT2D eigenvalue weighted by Crippen LogP contribution is -2.40. The molecule has 0 saturated heterocycles. The lowest BCUT2D eigenvalue weighted by atomic mass is 9.81. The quantitative estimate of drug-likeness (QED) is 0.410. The van der Waals surface area contributed by atoms with Gasteiger partial charge in [0.05, 0.1) is 54.0 Å². The summed E-state index contributed by atoms with van der Waals surface area (Å²) in [5.41, 5.74) is 4.89. The Morgan fingerprint density at radius 3 is 2.33 bits per heavy atom. The molecule has 1 heterocycles. The number of methoxy groups -OCH3 is 2.